The van der Waals surface area contributed by atoms with Crippen LogP contribution < -0.4 is 0 Å². The Morgan fingerprint density at radius 2 is 1.00 bits per heavy atom. The number of carbonyl (C=O) groups excluding carboxylic acids is 1. The summed E-state index contributed by atoms with van der Waals surface area (Å²) in [5.74, 6) is 0.000698. The lowest BCUT2D eigenvalue weighted by molar-refractivity contribution is -0.115. The zero-order chi connectivity index (χ0) is 25.2. The van der Waals surface area contributed by atoms with Gasteiger partial charge in [0.25, 0.3) is 0 Å². The van der Waals surface area contributed by atoms with E-state index < -0.39 is 18.3 Å². The molecule has 7 atom stereocenters. The maximum absolute atomic E-state index is 11.8. The van der Waals surface area contributed by atoms with Crippen LogP contribution in [0.5, 0.6) is 0 Å². The Kier molecular flexibility index (Phi) is 13.9. The SMILES string of the molecule is CCC(=O)C(C)=CC(C)C(O)C(C)=CC(C)C(O)C(C)=CC(C)C(O)C(C)=CC(C)CC. The molecule has 0 heterocycles. The number of hydrogen-bond acceptors (Lipinski definition) is 4. The summed E-state index contributed by atoms with van der Waals surface area (Å²) in [6, 6.07) is 0. The Morgan fingerprint density at radius 1 is 0.656 bits per heavy atom. The van der Waals surface area contributed by atoms with E-state index in [0.29, 0.717) is 17.9 Å². The van der Waals surface area contributed by atoms with Crippen molar-refractivity contribution in [2.75, 3.05) is 0 Å². The number of aliphatic hydroxyl groups is 3. The maximum atomic E-state index is 11.8. The molecular formula is C28H48O4. The molecule has 0 fully saturated rings. The molecule has 0 amide bonds. The van der Waals surface area contributed by atoms with Crippen molar-refractivity contribution >= 4 is 5.78 Å². The van der Waals surface area contributed by atoms with Crippen LogP contribution in [0.1, 0.15) is 82.1 Å². The van der Waals surface area contributed by atoms with Crippen molar-refractivity contribution in [1.29, 1.82) is 0 Å². The van der Waals surface area contributed by atoms with E-state index in [-0.39, 0.29) is 23.5 Å². The molecular weight excluding hydrogens is 400 g/mol. The minimum Gasteiger partial charge on any atom is -0.388 e. The van der Waals surface area contributed by atoms with Crippen LogP contribution in [0.2, 0.25) is 0 Å². The number of rotatable bonds is 13. The lowest BCUT2D eigenvalue weighted by Crippen LogP contribution is -2.23. The van der Waals surface area contributed by atoms with E-state index in [1.54, 1.807) is 6.92 Å². The van der Waals surface area contributed by atoms with E-state index in [9.17, 15) is 20.1 Å². The highest BCUT2D eigenvalue weighted by Crippen LogP contribution is 2.24. The molecule has 7 unspecified atom stereocenters. The summed E-state index contributed by atoms with van der Waals surface area (Å²) < 4.78 is 0. The molecule has 0 aliphatic carbocycles. The van der Waals surface area contributed by atoms with E-state index in [4.69, 9.17) is 0 Å². The van der Waals surface area contributed by atoms with E-state index >= 15 is 0 Å². The fourth-order valence-electron chi connectivity index (χ4n) is 3.98. The van der Waals surface area contributed by atoms with Crippen molar-refractivity contribution in [2.24, 2.45) is 23.7 Å². The molecule has 0 aromatic rings. The summed E-state index contributed by atoms with van der Waals surface area (Å²) in [5.41, 5.74) is 3.20. The van der Waals surface area contributed by atoms with Crippen LogP contribution in [0.25, 0.3) is 0 Å². The summed E-state index contributed by atoms with van der Waals surface area (Å²) >= 11 is 0. The first-order chi connectivity index (χ1) is 14.8. The average Bonchev–Trinajstić information content (AvgIpc) is 2.75. The lowest BCUT2D eigenvalue weighted by Gasteiger charge is -2.23. The Morgan fingerprint density at radius 3 is 1.34 bits per heavy atom. The van der Waals surface area contributed by atoms with Crippen molar-refractivity contribution in [3.63, 3.8) is 0 Å². The minimum absolute atomic E-state index is 0.0841. The van der Waals surface area contributed by atoms with Gasteiger partial charge in [-0.1, -0.05) is 72.3 Å². The topological polar surface area (TPSA) is 77.8 Å². The van der Waals surface area contributed by atoms with E-state index in [0.717, 1.165) is 23.1 Å². The van der Waals surface area contributed by atoms with Gasteiger partial charge in [0.1, 0.15) is 0 Å². The van der Waals surface area contributed by atoms with Crippen LogP contribution in [0, 0.1) is 23.7 Å². The Bertz CT molecular complexity index is 713. The predicted molar refractivity (Wildman–Crippen MR) is 135 cm³/mol. The highest BCUT2D eigenvalue weighted by Gasteiger charge is 2.21. The maximum Gasteiger partial charge on any atom is 0.157 e. The molecule has 0 aromatic heterocycles. The molecule has 0 bridgehead atoms. The number of ketones is 1. The quantitative estimate of drug-likeness (QED) is 0.246. The van der Waals surface area contributed by atoms with Gasteiger partial charge in [-0.2, -0.15) is 0 Å². The molecule has 4 heteroatoms. The van der Waals surface area contributed by atoms with Crippen molar-refractivity contribution < 1.29 is 20.1 Å². The van der Waals surface area contributed by atoms with E-state index in [2.05, 4.69) is 19.9 Å². The normalized spacial score (nSPS) is 20.9. The third-order valence-corrected chi connectivity index (χ3v) is 6.41. The van der Waals surface area contributed by atoms with Gasteiger partial charge in [-0.05, 0) is 55.9 Å². The highest BCUT2D eigenvalue weighted by atomic mass is 16.3. The number of hydrogen-bond donors (Lipinski definition) is 3. The number of carbonyl (C=O) groups is 1. The number of aliphatic hydroxyl groups excluding tert-OH is 3. The zero-order valence-electron chi connectivity index (χ0n) is 22.0. The third-order valence-electron chi connectivity index (χ3n) is 6.41. The monoisotopic (exact) mass is 448 g/mol. The molecule has 0 rings (SSSR count). The van der Waals surface area contributed by atoms with Crippen LogP contribution in [-0.2, 0) is 4.79 Å². The second-order valence-corrected chi connectivity index (χ2v) is 9.66. The third kappa shape index (κ3) is 9.97. The first-order valence-corrected chi connectivity index (χ1v) is 12.1. The Hall–Kier alpha value is -1.49. The minimum atomic E-state index is -0.720. The fraction of sp³-hybridized carbons (Fsp3) is 0.679. The van der Waals surface area contributed by atoms with Gasteiger partial charge in [0, 0.05) is 24.2 Å². The van der Waals surface area contributed by atoms with Crippen molar-refractivity contribution in [1.82, 2.24) is 0 Å². The van der Waals surface area contributed by atoms with Crippen LogP contribution in [-0.4, -0.2) is 39.4 Å². The number of allylic oxidation sites excluding steroid dienone is 2. The van der Waals surface area contributed by atoms with Gasteiger partial charge in [0.05, 0.1) is 18.3 Å². The molecule has 32 heavy (non-hydrogen) atoms. The van der Waals surface area contributed by atoms with Gasteiger partial charge in [0.15, 0.2) is 5.78 Å². The summed E-state index contributed by atoms with van der Waals surface area (Å²) in [5, 5.41) is 32.1. The lowest BCUT2D eigenvalue weighted by atomic mass is 9.88. The molecule has 184 valence electrons. The van der Waals surface area contributed by atoms with Gasteiger partial charge >= 0.3 is 0 Å². The Labute approximate surface area is 196 Å². The van der Waals surface area contributed by atoms with Crippen molar-refractivity contribution in [3.8, 4) is 0 Å². The van der Waals surface area contributed by atoms with Gasteiger partial charge in [-0.25, -0.2) is 0 Å². The van der Waals surface area contributed by atoms with Crippen molar-refractivity contribution in [3.05, 3.63) is 46.6 Å². The van der Waals surface area contributed by atoms with Crippen molar-refractivity contribution in [2.45, 2.75) is 100 Å². The Balaban J connectivity index is 5.32. The molecule has 3 N–H and O–H groups in total. The molecule has 0 saturated heterocycles. The molecule has 0 saturated carbocycles. The first-order valence-electron chi connectivity index (χ1n) is 12.1. The van der Waals surface area contributed by atoms with Gasteiger partial charge in [-0.15, -0.1) is 0 Å². The molecule has 0 aliphatic heterocycles. The van der Waals surface area contributed by atoms with Gasteiger partial charge in [-0.3, -0.25) is 4.79 Å². The molecule has 4 nitrogen and oxygen atoms in total. The smallest absolute Gasteiger partial charge is 0.157 e. The largest absolute Gasteiger partial charge is 0.388 e. The second-order valence-electron chi connectivity index (χ2n) is 9.66. The standard InChI is InChI=1S/C28H48O4/c1-11-17(3)13-19(5)26(30)21(7)15-23(9)28(32)24(10)16-22(8)27(31)20(6)14-18(4)25(29)12-2/h13-17,20-21,24,26-28,30-32H,11-12H2,1-10H3. The molecule has 0 radical (unpaired) electrons. The zero-order valence-corrected chi connectivity index (χ0v) is 22.0. The van der Waals surface area contributed by atoms with Gasteiger partial charge < -0.3 is 15.3 Å². The average molecular weight is 449 g/mol. The molecule has 0 aliphatic rings. The van der Waals surface area contributed by atoms with Gasteiger partial charge in [0.2, 0.25) is 0 Å². The summed E-state index contributed by atoms with van der Waals surface area (Å²) in [6.45, 7) is 19.3. The second kappa shape index (κ2) is 14.6. The molecule has 0 spiro atoms. The van der Waals surface area contributed by atoms with Crippen LogP contribution >= 0.6 is 0 Å². The fourth-order valence-corrected chi connectivity index (χ4v) is 3.98. The van der Waals surface area contributed by atoms with Crippen LogP contribution in [0.15, 0.2) is 46.6 Å². The predicted octanol–water partition coefficient (Wildman–Crippen LogP) is 5.79. The van der Waals surface area contributed by atoms with E-state index in [1.165, 1.54) is 0 Å². The summed E-state index contributed by atoms with van der Waals surface area (Å²) in [7, 11) is 0. The summed E-state index contributed by atoms with van der Waals surface area (Å²) in [4.78, 5) is 11.8. The van der Waals surface area contributed by atoms with Crippen LogP contribution in [0.3, 0.4) is 0 Å². The molecule has 0 aromatic carbocycles. The highest BCUT2D eigenvalue weighted by molar-refractivity contribution is 5.94. The summed E-state index contributed by atoms with van der Waals surface area (Å²) in [6.07, 6.45) is 7.23. The number of Topliss-reactive ketones (excluding diaryl/α,β-unsaturated/α-hetero) is 1. The van der Waals surface area contributed by atoms with E-state index in [1.807, 2.05) is 66.7 Å². The van der Waals surface area contributed by atoms with Crippen LogP contribution in [0.4, 0.5) is 0 Å². The first kappa shape index (κ1) is 30.5.